The van der Waals surface area contributed by atoms with E-state index in [1.54, 1.807) is 24.3 Å². The second-order valence-corrected chi connectivity index (χ2v) is 5.29. The molecule has 0 saturated carbocycles. The van der Waals surface area contributed by atoms with E-state index in [2.05, 4.69) is 0 Å². The zero-order valence-electron chi connectivity index (χ0n) is 17.2. The van der Waals surface area contributed by atoms with Crippen molar-refractivity contribution in [3.8, 4) is 23.0 Å². The summed E-state index contributed by atoms with van der Waals surface area (Å²) < 4.78 is 9.78. The summed E-state index contributed by atoms with van der Waals surface area (Å²) in [5, 5.41) is 37.2. The Morgan fingerprint density at radius 1 is 0.963 bits per heavy atom. The molecule has 0 aliphatic carbocycles. The monoisotopic (exact) mass is 390 g/mol. The van der Waals surface area contributed by atoms with E-state index in [9.17, 15) is 25.2 Å². The van der Waals surface area contributed by atoms with Gasteiger partial charge >= 0.3 is 23.1 Å². The zero-order chi connectivity index (χ0) is 19.2. The Balaban J connectivity index is -0.000000404. The molecule has 0 aliphatic heterocycles. The number of aliphatic hydroxyl groups is 2. The third-order valence-corrected chi connectivity index (χ3v) is 3.27. The molecule has 2 aromatic rings. The van der Waals surface area contributed by atoms with E-state index in [0.717, 1.165) is 6.92 Å². The molecule has 0 aliphatic rings. The van der Waals surface area contributed by atoms with Crippen LogP contribution in [0.25, 0.3) is 0 Å². The van der Waals surface area contributed by atoms with Gasteiger partial charge in [-0.1, -0.05) is 12.1 Å². The molecule has 0 atom stereocenters. The van der Waals surface area contributed by atoms with Gasteiger partial charge in [-0.05, 0) is 38.1 Å². The van der Waals surface area contributed by atoms with Crippen LogP contribution in [0.5, 0.6) is 23.0 Å². The quantitative estimate of drug-likeness (QED) is 0.274. The molecular formula is C19H26MgO7. The summed E-state index contributed by atoms with van der Waals surface area (Å²) in [7, 11) is 2.85. The standard InChI is InChI=1S/C9H12O4.C9H10O3.CH3.Mg.H/c1-9(11,12)8-6(10)4-3-5-7(8)13-2;1-6(10)9-7(11)4-3-5-8(9)12-2;;;/h3-5,10-12H,1-2H3;3-5,11H,1-2H3;1H3;;/q;;-1;+2;-1. The molecule has 0 spiro atoms. The van der Waals surface area contributed by atoms with Gasteiger partial charge in [-0.3, -0.25) is 4.79 Å². The van der Waals surface area contributed by atoms with Gasteiger partial charge in [0.05, 0.1) is 19.8 Å². The summed E-state index contributed by atoms with van der Waals surface area (Å²) in [4.78, 5) is 11.0. The third-order valence-electron chi connectivity index (χ3n) is 3.27. The van der Waals surface area contributed by atoms with Crippen molar-refractivity contribution in [1.29, 1.82) is 0 Å². The number of ether oxygens (including phenoxy) is 2. The Kier molecular flexibility index (Phi) is 11.7. The van der Waals surface area contributed by atoms with E-state index in [1.807, 2.05) is 0 Å². The number of phenols is 2. The minimum absolute atomic E-state index is 0. The fourth-order valence-electron chi connectivity index (χ4n) is 2.21. The van der Waals surface area contributed by atoms with Crippen molar-refractivity contribution in [1.82, 2.24) is 0 Å². The predicted octanol–water partition coefficient (Wildman–Crippen LogP) is 2.34. The minimum Gasteiger partial charge on any atom is -1.00 e. The summed E-state index contributed by atoms with van der Waals surface area (Å²) in [6.45, 7) is 2.54. The third kappa shape index (κ3) is 7.26. The van der Waals surface area contributed by atoms with Gasteiger partial charge in [-0.2, -0.15) is 0 Å². The molecule has 0 heterocycles. The fraction of sp³-hybridized carbons (Fsp3) is 0.263. The molecule has 2 rings (SSSR count). The Morgan fingerprint density at radius 2 is 1.41 bits per heavy atom. The number of methoxy groups -OCH3 is 2. The number of hydrogen-bond donors (Lipinski definition) is 4. The first-order chi connectivity index (χ1) is 11.6. The van der Waals surface area contributed by atoms with Crippen LogP contribution < -0.4 is 9.47 Å². The minimum atomic E-state index is -2.10. The van der Waals surface area contributed by atoms with Gasteiger partial charge in [0.2, 0.25) is 0 Å². The van der Waals surface area contributed by atoms with E-state index in [-0.39, 0.29) is 66.1 Å². The van der Waals surface area contributed by atoms with Gasteiger partial charge in [-0.15, -0.1) is 0 Å². The summed E-state index contributed by atoms with van der Waals surface area (Å²) in [5.74, 6) is -1.90. The molecule has 27 heavy (non-hydrogen) atoms. The number of ketones is 1. The van der Waals surface area contributed by atoms with Crippen molar-refractivity contribution in [2.24, 2.45) is 0 Å². The average Bonchev–Trinajstić information content (AvgIpc) is 2.53. The predicted molar refractivity (Wildman–Crippen MR) is 104 cm³/mol. The van der Waals surface area contributed by atoms with Gasteiger partial charge in [0.25, 0.3) is 0 Å². The summed E-state index contributed by atoms with van der Waals surface area (Å²) in [6.07, 6.45) is 0. The van der Waals surface area contributed by atoms with E-state index in [4.69, 9.17) is 9.47 Å². The smallest absolute Gasteiger partial charge is 1.00 e. The van der Waals surface area contributed by atoms with Crippen molar-refractivity contribution >= 4 is 28.8 Å². The summed E-state index contributed by atoms with van der Waals surface area (Å²) >= 11 is 0. The topological polar surface area (TPSA) is 116 Å². The van der Waals surface area contributed by atoms with Crippen molar-refractivity contribution in [3.63, 3.8) is 0 Å². The number of phenolic OH excluding ortho intramolecular Hbond substituents is 2. The molecule has 4 N–H and O–H groups in total. The molecular weight excluding hydrogens is 365 g/mol. The molecule has 0 unspecified atom stereocenters. The molecule has 0 amide bonds. The molecule has 0 radical (unpaired) electrons. The number of benzene rings is 2. The van der Waals surface area contributed by atoms with Crippen molar-refractivity contribution in [3.05, 3.63) is 55.0 Å². The van der Waals surface area contributed by atoms with Crippen molar-refractivity contribution in [2.45, 2.75) is 19.6 Å². The normalized spacial score (nSPS) is 9.70. The van der Waals surface area contributed by atoms with Crippen LogP contribution in [0.3, 0.4) is 0 Å². The maximum Gasteiger partial charge on any atom is 2.00 e. The van der Waals surface area contributed by atoms with E-state index in [0.29, 0.717) is 5.75 Å². The van der Waals surface area contributed by atoms with Crippen LogP contribution in [0.2, 0.25) is 0 Å². The molecule has 0 aromatic heterocycles. The second-order valence-electron chi connectivity index (χ2n) is 5.29. The largest absolute Gasteiger partial charge is 2.00 e. The van der Waals surface area contributed by atoms with Crippen LogP contribution in [0.4, 0.5) is 0 Å². The van der Waals surface area contributed by atoms with Crippen LogP contribution in [-0.2, 0) is 5.79 Å². The molecule has 0 fully saturated rings. The van der Waals surface area contributed by atoms with Gasteiger partial charge in [-0.25, -0.2) is 0 Å². The molecule has 8 heteroatoms. The van der Waals surface area contributed by atoms with Crippen LogP contribution in [0.15, 0.2) is 36.4 Å². The molecule has 146 valence electrons. The van der Waals surface area contributed by atoms with Gasteiger partial charge < -0.3 is 38.8 Å². The first kappa shape index (κ1) is 27.2. The maximum atomic E-state index is 11.0. The Hall–Kier alpha value is -2.00. The molecule has 0 saturated heterocycles. The first-order valence-electron chi connectivity index (χ1n) is 7.31. The first-order valence-corrected chi connectivity index (χ1v) is 7.31. The molecule has 2 aromatic carbocycles. The summed E-state index contributed by atoms with van der Waals surface area (Å²) in [6, 6.07) is 9.18. The maximum absolute atomic E-state index is 11.0. The average molecular weight is 391 g/mol. The van der Waals surface area contributed by atoms with Crippen LogP contribution in [-0.4, -0.2) is 63.5 Å². The Morgan fingerprint density at radius 3 is 1.74 bits per heavy atom. The SMILES string of the molecule is COc1cccc(O)c1C(C)(O)O.COc1cccc(O)c1C(C)=O.[CH3-].[H-].[Mg+2]. The van der Waals surface area contributed by atoms with Crippen LogP contribution in [0.1, 0.15) is 31.2 Å². The number of rotatable bonds is 4. The Bertz CT molecular complexity index is 746. The number of hydrogen-bond acceptors (Lipinski definition) is 7. The van der Waals surface area contributed by atoms with Crippen molar-refractivity contribution < 1.29 is 36.1 Å². The van der Waals surface area contributed by atoms with Crippen molar-refractivity contribution in [2.75, 3.05) is 14.2 Å². The van der Waals surface area contributed by atoms with Gasteiger partial charge in [0.1, 0.15) is 28.6 Å². The van der Waals surface area contributed by atoms with Crippen LogP contribution >= 0.6 is 0 Å². The fourth-order valence-corrected chi connectivity index (χ4v) is 2.21. The van der Waals surface area contributed by atoms with Gasteiger partial charge in [0, 0.05) is 0 Å². The van der Waals surface area contributed by atoms with Gasteiger partial charge in [0.15, 0.2) is 11.6 Å². The molecule has 0 bridgehead atoms. The number of carbonyl (C=O) groups is 1. The number of carbonyl (C=O) groups excluding carboxylic acids is 1. The van der Waals surface area contributed by atoms with E-state index < -0.39 is 5.79 Å². The Labute approximate surface area is 176 Å². The zero-order valence-corrected chi connectivity index (χ0v) is 17.6. The summed E-state index contributed by atoms with van der Waals surface area (Å²) in [5.41, 5.74) is 0.206. The van der Waals surface area contributed by atoms with Crippen LogP contribution in [0, 0.1) is 7.43 Å². The second kappa shape index (κ2) is 11.7. The number of aromatic hydroxyl groups is 2. The molecule has 7 nitrogen and oxygen atoms in total. The number of Topliss-reactive ketones (excluding diaryl/α,β-unsaturated/α-hetero) is 1. The van der Waals surface area contributed by atoms with E-state index in [1.165, 1.54) is 33.3 Å². The van der Waals surface area contributed by atoms with E-state index >= 15 is 0 Å².